The van der Waals surface area contributed by atoms with Crippen LogP contribution in [0, 0.1) is 16.7 Å². The third kappa shape index (κ3) is 2.26. The summed E-state index contributed by atoms with van der Waals surface area (Å²) in [4.78, 5) is 24.7. The molecule has 6 nitrogen and oxygen atoms in total. The summed E-state index contributed by atoms with van der Waals surface area (Å²) in [5.74, 6) is 0.455. The van der Waals surface area contributed by atoms with Gasteiger partial charge in [-0.1, -0.05) is 19.0 Å². The highest BCUT2D eigenvalue weighted by Crippen LogP contribution is 2.73. The van der Waals surface area contributed by atoms with Gasteiger partial charge in [0.25, 0.3) is 5.91 Å². The van der Waals surface area contributed by atoms with Gasteiger partial charge in [0.05, 0.1) is 12.0 Å². The zero-order valence-electron chi connectivity index (χ0n) is 16.0. The minimum absolute atomic E-state index is 0.0396. The number of piperidine rings is 1. The molecule has 2 aliphatic heterocycles. The van der Waals surface area contributed by atoms with Crippen LogP contribution in [0.4, 0.5) is 0 Å². The van der Waals surface area contributed by atoms with Crippen molar-refractivity contribution >= 4 is 11.6 Å². The van der Waals surface area contributed by atoms with Gasteiger partial charge in [-0.25, -0.2) is 4.98 Å². The molecular formula is C19H28N4O2. The van der Waals surface area contributed by atoms with Crippen LogP contribution in [0.1, 0.15) is 64.5 Å². The number of rotatable bonds is 3. The standard InChI is InChI=1S/C19H28N4O2/c1-12(2)22-8-14(20-11-22)16(24)23-9-18(5)15(19(18,6)10-23)13-7-17(3,4)25-21-13/h8,11-12,15H,7,9-10H2,1-6H3/t15-,18-,19+. The molecule has 0 unspecified atom stereocenters. The zero-order chi connectivity index (χ0) is 18.2. The molecule has 1 amide bonds. The number of oxime groups is 1. The first kappa shape index (κ1) is 16.6. The molecule has 0 spiro atoms. The van der Waals surface area contributed by atoms with E-state index in [9.17, 15) is 4.79 Å². The van der Waals surface area contributed by atoms with E-state index >= 15 is 0 Å². The number of hydrogen-bond donors (Lipinski definition) is 0. The Hall–Kier alpha value is -1.85. The maximum atomic E-state index is 12.9. The summed E-state index contributed by atoms with van der Waals surface area (Å²) < 4.78 is 1.98. The second-order valence-corrected chi connectivity index (χ2v) is 9.34. The molecule has 1 saturated heterocycles. The molecule has 1 aromatic heterocycles. The van der Waals surface area contributed by atoms with E-state index < -0.39 is 0 Å². The maximum Gasteiger partial charge on any atom is 0.274 e. The second kappa shape index (κ2) is 4.86. The summed E-state index contributed by atoms with van der Waals surface area (Å²) >= 11 is 0. The van der Waals surface area contributed by atoms with Gasteiger partial charge in [0.2, 0.25) is 0 Å². The number of hydrogen-bond acceptors (Lipinski definition) is 4. The number of fused-ring (bicyclic) bond motifs is 1. The Labute approximate surface area is 149 Å². The lowest BCUT2D eigenvalue weighted by Crippen LogP contribution is -2.35. The van der Waals surface area contributed by atoms with E-state index in [2.05, 4.69) is 51.7 Å². The molecule has 136 valence electrons. The molecule has 1 saturated carbocycles. The highest BCUT2D eigenvalue weighted by molar-refractivity contribution is 5.96. The molecule has 4 rings (SSSR count). The highest BCUT2D eigenvalue weighted by Gasteiger charge is 2.77. The normalized spacial score (nSPS) is 35.6. The third-order valence-electron chi connectivity index (χ3n) is 6.59. The first-order chi connectivity index (χ1) is 11.6. The summed E-state index contributed by atoms with van der Waals surface area (Å²) in [5, 5.41) is 4.37. The van der Waals surface area contributed by atoms with Crippen molar-refractivity contribution in [1.82, 2.24) is 14.5 Å². The fourth-order valence-corrected chi connectivity index (χ4v) is 4.96. The van der Waals surface area contributed by atoms with Crippen LogP contribution in [0.5, 0.6) is 0 Å². The van der Waals surface area contributed by atoms with Crippen LogP contribution in [-0.2, 0) is 4.84 Å². The summed E-state index contributed by atoms with van der Waals surface area (Å²) in [5.41, 5.74) is 1.70. The minimum atomic E-state index is -0.196. The van der Waals surface area contributed by atoms with E-state index in [1.807, 2.05) is 15.7 Å². The summed E-state index contributed by atoms with van der Waals surface area (Å²) in [6.07, 6.45) is 4.49. The lowest BCUT2D eigenvalue weighted by atomic mass is 9.95. The van der Waals surface area contributed by atoms with Crippen LogP contribution < -0.4 is 0 Å². The number of likely N-dealkylation sites (tertiary alicyclic amines) is 1. The number of aromatic nitrogens is 2. The molecular weight excluding hydrogens is 316 g/mol. The Morgan fingerprint density at radius 2 is 1.88 bits per heavy atom. The van der Waals surface area contributed by atoms with Crippen molar-refractivity contribution in [2.75, 3.05) is 13.1 Å². The smallest absolute Gasteiger partial charge is 0.274 e. The van der Waals surface area contributed by atoms with Crippen molar-refractivity contribution in [3.8, 4) is 0 Å². The van der Waals surface area contributed by atoms with Crippen molar-refractivity contribution in [2.45, 2.75) is 59.6 Å². The molecule has 6 heteroatoms. The predicted molar refractivity (Wildman–Crippen MR) is 95.4 cm³/mol. The van der Waals surface area contributed by atoms with Gasteiger partial charge in [0.1, 0.15) is 11.3 Å². The summed E-state index contributed by atoms with van der Waals surface area (Å²) in [6.45, 7) is 14.4. The van der Waals surface area contributed by atoms with Crippen LogP contribution in [0.15, 0.2) is 17.7 Å². The summed E-state index contributed by atoms with van der Waals surface area (Å²) in [6, 6.07) is 0.309. The van der Waals surface area contributed by atoms with Crippen LogP contribution in [0.3, 0.4) is 0 Å². The molecule has 1 aromatic rings. The van der Waals surface area contributed by atoms with E-state index in [-0.39, 0.29) is 22.3 Å². The van der Waals surface area contributed by atoms with E-state index in [1.165, 1.54) is 5.71 Å². The van der Waals surface area contributed by atoms with Gasteiger partial charge in [0, 0.05) is 48.5 Å². The average Bonchev–Trinajstić information content (AvgIpc) is 3.01. The largest absolute Gasteiger partial charge is 0.389 e. The quantitative estimate of drug-likeness (QED) is 0.846. The molecule has 1 aliphatic carbocycles. The van der Waals surface area contributed by atoms with Crippen molar-refractivity contribution in [3.63, 3.8) is 0 Å². The zero-order valence-corrected chi connectivity index (χ0v) is 16.0. The lowest BCUT2D eigenvalue weighted by molar-refractivity contribution is 0.0123. The molecule has 2 fully saturated rings. The van der Waals surface area contributed by atoms with Gasteiger partial charge in [-0.3, -0.25) is 4.79 Å². The maximum absolute atomic E-state index is 12.9. The average molecular weight is 344 g/mol. The van der Waals surface area contributed by atoms with Gasteiger partial charge in [-0.05, 0) is 27.7 Å². The number of nitrogens with zero attached hydrogens (tertiary/aromatic N) is 4. The van der Waals surface area contributed by atoms with Gasteiger partial charge >= 0.3 is 0 Å². The lowest BCUT2D eigenvalue weighted by Gasteiger charge is -2.22. The van der Waals surface area contributed by atoms with Crippen molar-refractivity contribution < 1.29 is 9.63 Å². The van der Waals surface area contributed by atoms with Crippen LogP contribution in [-0.4, -0.2) is 44.8 Å². The molecule has 0 aromatic carbocycles. The molecule has 3 aliphatic rings. The molecule has 25 heavy (non-hydrogen) atoms. The predicted octanol–water partition coefficient (Wildman–Crippen LogP) is 3.12. The van der Waals surface area contributed by atoms with Gasteiger partial charge in [0.15, 0.2) is 0 Å². The van der Waals surface area contributed by atoms with Gasteiger partial charge in [-0.15, -0.1) is 0 Å². The van der Waals surface area contributed by atoms with Gasteiger partial charge < -0.3 is 14.3 Å². The van der Waals surface area contributed by atoms with E-state index in [1.54, 1.807) is 6.33 Å². The molecule has 0 radical (unpaired) electrons. The number of imidazole rings is 1. The number of amides is 1. The second-order valence-electron chi connectivity index (χ2n) is 9.34. The van der Waals surface area contributed by atoms with E-state index in [0.717, 1.165) is 19.5 Å². The number of carbonyl (C=O) groups excluding carboxylic acids is 1. The Bertz CT molecular complexity index is 747. The highest BCUT2D eigenvalue weighted by atomic mass is 16.7. The van der Waals surface area contributed by atoms with Crippen LogP contribution >= 0.6 is 0 Å². The van der Waals surface area contributed by atoms with E-state index in [0.29, 0.717) is 17.7 Å². The monoisotopic (exact) mass is 344 g/mol. The van der Waals surface area contributed by atoms with E-state index in [4.69, 9.17) is 4.84 Å². The fraction of sp³-hybridized carbons (Fsp3) is 0.737. The Balaban J connectivity index is 1.49. The first-order valence-electron chi connectivity index (χ1n) is 9.15. The van der Waals surface area contributed by atoms with Crippen LogP contribution in [0.25, 0.3) is 0 Å². The third-order valence-corrected chi connectivity index (χ3v) is 6.59. The summed E-state index contributed by atoms with van der Waals surface area (Å²) in [7, 11) is 0. The Morgan fingerprint density at radius 1 is 1.24 bits per heavy atom. The minimum Gasteiger partial charge on any atom is -0.389 e. The van der Waals surface area contributed by atoms with Crippen LogP contribution in [0.2, 0.25) is 0 Å². The van der Waals surface area contributed by atoms with Gasteiger partial charge in [-0.2, -0.15) is 0 Å². The Kier molecular flexibility index (Phi) is 3.23. The van der Waals surface area contributed by atoms with Crippen molar-refractivity contribution in [2.24, 2.45) is 21.9 Å². The van der Waals surface area contributed by atoms with Crippen molar-refractivity contribution in [3.05, 3.63) is 18.2 Å². The molecule has 0 bridgehead atoms. The Morgan fingerprint density at radius 3 is 2.36 bits per heavy atom. The molecule has 0 N–H and O–H groups in total. The number of carbonyl (C=O) groups is 1. The fourth-order valence-electron chi connectivity index (χ4n) is 4.96. The first-order valence-corrected chi connectivity index (χ1v) is 9.15. The SMILES string of the molecule is CC(C)n1cnc(C(=O)N2C[C@@]3(C)[C@H](C4=NOC(C)(C)C4)[C@@]3(C)C2)c1. The topological polar surface area (TPSA) is 59.7 Å². The molecule has 3 atom stereocenters. The van der Waals surface area contributed by atoms with Crippen molar-refractivity contribution in [1.29, 1.82) is 0 Å². The molecule has 3 heterocycles.